The van der Waals surface area contributed by atoms with Crippen LogP contribution >= 0.6 is 23.5 Å². The lowest BCUT2D eigenvalue weighted by molar-refractivity contribution is -0.131. The van der Waals surface area contributed by atoms with Crippen molar-refractivity contribution in [2.75, 3.05) is 13.1 Å². The van der Waals surface area contributed by atoms with E-state index >= 15 is 0 Å². The largest absolute Gasteiger partial charge is 0.435 e. The predicted molar refractivity (Wildman–Crippen MR) is 113 cm³/mol. The van der Waals surface area contributed by atoms with E-state index in [1.165, 1.54) is 29.0 Å². The molecule has 158 valence electrons. The van der Waals surface area contributed by atoms with E-state index < -0.39 is 12.7 Å². The first-order chi connectivity index (χ1) is 14.3. The Morgan fingerprint density at radius 2 is 1.87 bits per heavy atom. The number of hydrogen-bond acceptors (Lipinski definition) is 6. The maximum absolute atomic E-state index is 12.7. The van der Waals surface area contributed by atoms with Crippen LogP contribution in [0, 0.1) is 5.41 Å². The average Bonchev–Trinajstić information content (AvgIpc) is 3.09. The van der Waals surface area contributed by atoms with Gasteiger partial charge >= 0.3 is 6.61 Å². The number of nitrogens with one attached hydrogen (secondary N) is 2. The van der Waals surface area contributed by atoms with Crippen LogP contribution in [-0.4, -0.2) is 36.2 Å². The molecular formula is C20H19ClF2N4O2S. The van der Waals surface area contributed by atoms with Crippen LogP contribution in [0.15, 0.2) is 65.2 Å². The van der Waals surface area contributed by atoms with Gasteiger partial charge in [-0.25, -0.2) is 0 Å². The SMILES string of the molecule is N=C1CN(C(=O)C(N)c2ccc(Cl)cc2)C/C1=C/NSc1ccc(OC(F)F)cc1. The van der Waals surface area contributed by atoms with Crippen LogP contribution in [0.25, 0.3) is 0 Å². The molecular weight excluding hydrogens is 434 g/mol. The van der Waals surface area contributed by atoms with Crippen LogP contribution in [0.3, 0.4) is 0 Å². The molecule has 1 aliphatic heterocycles. The summed E-state index contributed by atoms with van der Waals surface area (Å²) in [6, 6.07) is 12.1. The summed E-state index contributed by atoms with van der Waals surface area (Å²) < 4.78 is 31.7. The van der Waals surface area contributed by atoms with Crippen molar-refractivity contribution in [2.24, 2.45) is 5.73 Å². The minimum atomic E-state index is -2.86. The van der Waals surface area contributed by atoms with Gasteiger partial charge in [0, 0.05) is 28.2 Å². The third-order valence-electron chi connectivity index (χ3n) is 4.36. The quantitative estimate of drug-likeness (QED) is 0.553. The van der Waals surface area contributed by atoms with Gasteiger partial charge < -0.3 is 25.5 Å². The molecule has 0 bridgehead atoms. The molecule has 6 nitrogen and oxygen atoms in total. The molecule has 2 aromatic carbocycles. The first-order valence-electron chi connectivity index (χ1n) is 8.87. The van der Waals surface area contributed by atoms with Crippen molar-refractivity contribution in [2.45, 2.75) is 17.5 Å². The zero-order valence-corrected chi connectivity index (χ0v) is 17.2. The van der Waals surface area contributed by atoms with E-state index in [0.29, 0.717) is 21.9 Å². The number of benzene rings is 2. The number of rotatable bonds is 7. The molecule has 10 heteroatoms. The Labute approximate surface area is 181 Å². The van der Waals surface area contributed by atoms with Gasteiger partial charge in [-0.3, -0.25) is 4.79 Å². The van der Waals surface area contributed by atoms with Crippen molar-refractivity contribution in [3.63, 3.8) is 0 Å². The average molecular weight is 453 g/mol. The second-order valence-electron chi connectivity index (χ2n) is 6.44. The second kappa shape index (κ2) is 9.92. The summed E-state index contributed by atoms with van der Waals surface area (Å²) in [6.45, 7) is -2.41. The van der Waals surface area contributed by atoms with Crippen LogP contribution in [-0.2, 0) is 4.79 Å². The van der Waals surface area contributed by atoms with Gasteiger partial charge in [-0.15, -0.1) is 0 Å². The van der Waals surface area contributed by atoms with E-state index in [1.807, 2.05) is 0 Å². The molecule has 0 aliphatic carbocycles. The highest BCUT2D eigenvalue weighted by Gasteiger charge is 2.30. The third-order valence-corrected chi connectivity index (χ3v) is 5.36. The molecule has 0 spiro atoms. The van der Waals surface area contributed by atoms with Crippen LogP contribution < -0.4 is 15.2 Å². The highest BCUT2D eigenvalue weighted by molar-refractivity contribution is 7.97. The maximum Gasteiger partial charge on any atom is 0.387 e. The molecule has 2 aromatic rings. The zero-order chi connectivity index (χ0) is 21.7. The Bertz CT molecular complexity index is 939. The number of carbonyl (C=O) groups is 1. The molecule has 1 fully saturated rings. The molecule has 1 atom stereocenters. The summed E-state index contributed by atoms with van der Waals surface area (Å²) in [4.78, 5) is 15.0. The van der Waals surface area contributed by atoms with Gasteiger partial charge in [0.05, 0.1) is 12.3 Å². The lowest BCUT2D eigenvalue weighted by Gasteiger charge is -2.19. The number of nitrogens with zero attached hydrogens (tertiary/aromatic N) is 1. The number of amides is 1. The predicted octanol–water partition coefficient (Wildman–Crippen LogP) is 3.98. The molecule has 1 unspecified atom stereocenters. The van der Waals surface area contributed by atoms with E-state index in [2.05, 4.69) is 9.46 Å². The van der Waals surface area contributed by atoms with Gasteiger partial charge in [0.25, 0.3) is 0 Å². The number of halogens is 3. The van der Waals surface area contributed by atoms with Crippen LogP contribution in [0.4, 0.5) is 8.78 Å². The van der Waals surface area contributed by atoms with E-state index in [1.54, 1.807) is 42.6 Å². The number of likely N-dealkylation sites (tertiary alicyclic amines) is 1. The Kier molecular flexibility index (Phi) is 7.30. The summed E-state index contributed by atoms with van der Waals surface area (Å²) in [5, 5.41) is 8.68. The third kappa shape index (κ3) is 5.71. The fourth-order valence-electron chi connectivity index (χ4n) is 2.81. The van der Waals surface area contributed by atoms with Gasteiger partial charge in [-0.05, 0) is 53.9 Å². The minimum Gasteiger partial charge on any atom is -0.435 e. The van der Waals surface area contributed by atoms with E-state index in [9.17, 15) is 13.6 Å². The summed E-state index contributed by atoms with van der Waals surface area (Å²) in [7, 11) is 0. The van der Waals surface area contributed by atoms with Gasteiger partial charge in [0.15, 0.2) is 0 Å². The Hall–Kier alpha value is -2.62. The van der Waals surface area contributed by atoms with Crippen molar-refractivity contribution in [1.29, 1.82) is 5.41 Å². The summed E-state index contributed by atoms with van der Waals surface area (Å²) in [6.07, 6.45) is 1.65. The molecule has 4 N–H and O–H groups in total. The van der Waals surface area contributed by atoms with Gasteiger partial charge in [0.1, 0.15) is 11.8 Å². The summed E-state index contributed by atoms with van der Waals surface area (Å²) in [5.41, 5.74) is 7.71. The van der Waals surface area contributed by atoms with Gasteiger partial charge in [0.2, 0.25) is 5.91 Å². The number of carbonyl (C=O) groups excluding carboxylic acids is 1. The molecule has 3 rings (SSSR count). The topological polar surface area (TPSA) is 91.4 Å². The van der Waals surface area contributed by atoms with Crippen molar-refractivity contribution < 1.29 is 18.3 Å². The van der Waals surface area contributed by atoms with Crippen LogP contribution in [0.2, 0.25) is 5.02 Å². The number of nitrogens with two attached hydrogens (primary N) is 1. The van der Waals surface area contributed by atoms with Gasteiger partial charge in [-0.2, -0.15) is 8.78 Å². The fourth-order valence-corrected chi connectivity index (χ4v) is 3.54. The first kappa shape index (κ1) is 22.1. The molecule has 0 saturated carbocycles. The van der Waals surface area contributed by atoms with Crippen molar-refractivity contribution in [3.05, 3.63) is 70.9 Å². The van der Waals surface area contributed by atoms with Crippen molar-refractivity contribution in [1.82, 2.24) is 9.62 Å². The van der Waals surface area contributed by atoms with Crippen molar-refractivity contribution >= 4 is 35.2 Å². The fraction of sp³-hybridized carbons (Fsp3) is 0.200. The Morgan fingerprint density at radius 3 is 2.50 bits per heavy atom. The maximum atomic E-state index is 12.7. The van der Waals surface area contributed by atoms with E-state index in [4.69, 9.17) is 22.7 Å². The molecule has 1 saturated heterocycles. The minimum absolute atomic E-state index is 0.0801. The lowest BCUT2D eigenvalue weighted by Crippen LogP contribution is -2.37. The Morgan fingerprint density at radius 1 is 1.20 bits per heavy atom. The molecule has 0 aromatic heterocycles. The number of ether oxygens (including phenoxy) is 1. The van der Waals surface area contributed by atoms with Crippen molar-refractivity contribution in [3.8, 4) is 5.75 Å². The normalized spacial score (nSPS) is 16.2. The molecule has 1 amide bonds. The number of alkyl halides is 2. The van der Waals surface area contributed by atoms with Crippen LogP contribution in [0.1, 0.15) is 11.6 Å². The summed E-state index contributed by atoms with van der Waals surface area (Å²) in [5.74, 6) is -0.191. The molecule has 0 radical (unpaired) electrons. The number of hydrogen-bond donors (Lipinski definition) is 3. The molecule has 1 heterocycles. The van der Waals surface area contributed by atoms with Gasteiger partial charge in [-0.1, -0.05) is 23.7 Å². The second-order valence-corrected chi connectivity index (χ2v) is 7.79. The first-order valence-corrected chi connectivity index (χ1v) is 10.1. The molecule has 1 aliphatic rings. The van der Waals surface area contributed by atoms with E-state index in [-0.39, 0.29) is 24.7 Å². The van der Waals surface area contributed by atoms with E-state index in [0.717, 1.165) is 4.90 Å². The van der Waals surface area contributed by atoms with Crippen LogP contribution in [0.5, 0.6) is 5.75 Å². The standard InChI is InChI=1S/C20H19ClF2N4O2S/c21-14-3-1-12(2-4-14)18(25)19(28)27-10-13(17(24)11-27)9-26-30-16-7-5-15(6-8-16)29-20(22)23/h1-9,18,20,24,26H,10-11,25H2/b13-9-,24-17?. The smallest absolute Gasteiger partial charge is 0.387 e. The lowest BCUT2D eigenvalue weighted by atomic mass is 10.1. The monoisotopic (exact) mass is 452 g/mol. The Balaban J connectivity index is 1.55. The highest BCUT2D eigenvalue weighted by Crippen LogP contribution is 2.23. The highest BCUT2D eigenvalue weighted by atomic mass is 35.5. The summed E-state index contributed by atoms with van der Waals surface area (Å²) >= 11 is 7.11. The molecule has 30 heavy (non-hydrogen) atoms. The zero-order valence-electron chi connectivity index (χ0n) is 15.6.